The van der Waals surface area contributed by atoms with E-state index in [9.17, 15) is 4.79 Å². The summed E-state index contributed by atoms with van der Waals surface area (Å²) in [5.41, 5.74) is 0.556. The molecule has 0 aliphatic carbocycles. The Morgan fingerprint density at radius 2 is 2.06 bits per heavy atom. The predicted molar refractivity (Wildman–Crippen MR) is 60.3 cm³/mol. The smallest absolute Gasteiger partial charge is 0.162 e. The van der Waals surface area contributed by atoms with Crippen molar-refractivity contribution < 1.29 is 19.0 Å². The van der Waals surface area contributed by atoms with Crippen molar-refractivity contribution in [3.63, 3.8) is 0 Å². The summed E-state index contributed by atoms with van der Waals surface area (Å²) in [6, 6.07) is 5.03. The zero-order valence-electron chi connectivity index (χ0n) is 9.73. The van der Waals surface area contributed by atoms with Crippen LogP contribution in [0.4, 0.5) is 0 Å². The predicted octanol–water partition coefficient (Wildman–Crippen LogP) is 1.92. The van der Waals surface area contributed by atoms with Gasteiger partial charge in [-0.2, -0.15) is 0 Å². The minimum absolute atomic E-state index is 0.00964. The molecular weight excluding hydrogens is 208 g/mol. The lowest BCUT2D eigenvalue weighted by atomic mass is 10.2. The van der Waals surface area contributed by atoms with Gasteiger partial charge in [-0.05, 0) is 25.1 Å². The van der Waals surface area contributed by atoms with Crippen molar-refractivity contribution >= 4 is 6.29 Å². The van der Waals surface area contributed by atoms with Gasteiger partial charge in [0.05, 0.1) is 13.2 Å². The molecule has 0 spiro atoms. The van der Waals surface area contributed by atoms with Crippen LogP contribution in [0.5, 0.6) is 11.5 Å². The van der Waals surface area contributed by atoms with Crippen LogP contribution in [0.2, 0.25) is 0 Å². The average Bonchev–Trinajstić information content (AvgIpc) is 2.35. The van der Waals surface area contributed by atoms with Crippen molar-refractivity contribution in [1.82, 2.24) is 0 Å². The molecule has 1 rings (SSSR count). The fourth-order valence-electron chi connectivity index (χ4n) is 1.15. The zero-order valence-corrected chi connectivity index (χ0v) is 9.73. The molecule has 0 aromatic heterocycles. The molecule has 0 N–H and O–H groups in total. The van der Waals surface area contributed by atoms with Gasteiger partial charge in [0.1, 0.15) is 12.9 Å². The molecule has 0 amide bonds. The maximum atomic E-state index is 10.6. The lowest BCUT2D eigenvalue weighted by molar-refractivity contribution is 0.0706. The van der Waals surface area contributed by atoms with Crippen LogP contribution in [0.15, 0.2) is 18.2 Å². The van der Waals surface area contributed by atoms with E-state index in [1.165, 1.54) is 0 Å². The molecule has 0 fully saturated rings. The minimum Gasteiger partial charge on any atom is -0.493 e. The fraction of sp³-hybridized carbons (Fsp3) is 0.417. The number of hydrogen-bond acceptors (Lipinski definition) is 4. The lowest BCUT2D eigenvalue weighted by Crippen LogP contribution is -2.16. The maximum Gasteiger partial charge on any atom is 0.162 e. The molecule has 1 aromatic rings. The summed E-state index contributed by atoms with van der Waals surface area (Å²) in [5, 5.41) is 0. The molecular formula is C12H16O4. The van der Waals surface area contributed by atoms with Gasteiger partial charge in [0.15, 0.2) is 11.5 Å². The maximum absolute atomic E-state index is 10.6. The second-order valence-corrected chi connectivity index (χ2v) is 3.39. The fourth-order valence-corrected chi connectivity index (χ4v) is 1.15. The highest BCUT2D eigenvalue weighted by Gasteiger charge is 2.07. The molecule has 0 aliphatic heterocycles. The number of hydrogen-bond donors (Lipinski definition) is 0. The van der Waals surface area contributed by atoms with Gasteiger partial charge < -0.3 is 14.2 Å². The summed E-state index contributed by atoms with van der Waals surface area (Å²) in [6.07, 6.45) is 0.760. The molecule has 4 nitrogen and oxygen atoms in total. The molecule has 4 heteroatoms. The summed E-state index contributed by atoms with van der Waals surface area (Å²) < 4.78 is 15.7. The highest BCUT2D eigenvalue weighted by molar-refractivity contribution is 5.76. The van der Waals surface area contributed by atoms with E-state index in [1.54, 1.807) is 32.4 Å². The van der Waals surface area contributed by atoms with Crippen molar-refractivity contribution in [2.45, 2.75) is 13.0 Å². The van der Waals surface area contributed by atoms with Crippen LogP contribution in [-0.4, -0.2) is 33.2 Å². The summed E-state index contributed by atoms with van der Waals surface area (Å²) in [4.78, 5) is 10.6. The summed E-state index contributed by atoms with van der Waals surface area (Å²) in [6.45, 7) is 2.31. The first-order valence-electron chi connectivity index (χ1n) is 5.00. The van der Waals surface area contributed by atoms with Gasteiger partial charge in [0.2, 0.25) is 0 Å². The van der Waals surface area contributed by atoms with Gasteiger partial charge in [-0.15, -0.1) is 0 Å². The Hall–Kier alpha value is -1.55. The van der Waals surface area contributed by atoms with Crippen molar-refractivity contribution in [2.75, 3.05) is 20.8 Å². The van der Waals surface area contributed by atoms with E-state index in [4.69, 9.17) is 14.2 Å². The van der Waals surface area contributed by atoms with Crippen LogP contribution in [0.3, 0.4) is 0 Å². The van der Waals surface area contributed by atoms with E-state index in [0.717, 1.165) is 6.29 Å². The highest BCUT2D eigenvalue weighted by atomic mass is 16.5. The van der Waals surface area contributed by atoms with Gasteiger partial charge in [0.25, 0.3) is 0 Å². The van der Waals surface area contributed by atoms with Crippen LogP contribution in [0, 0.1) is 0 Å². The monoisotopic (exact) mass is 224 g/mol. The zero-order chi connectivity index (χ0) is 12.0. The van der Waals surface area contributed by atoms with Crippen molar-refractivity contribution in [3.05, 3.63) is 23.8 Å². The summed E-state index contributed by atoms with van der Waals surface area (Å²) in [7, 11) is 3.18. The first kappa shape index (κ1) is 12.5. The van der Waals surface area contributed by atoms with E-state index in [2.05, 4.69) is 0 Å². The van der Waals surface area contributed by atoms with Crippen molar-refractivity contribution in [2.24, 2.45) is 0 Å². The van der Waals surface area contributed by atoms with Crippen LogP contribution in [-0.2, 0) is 4.74 Å². The Kier molecular flexibility index (Phi) is 4.79. The first-order valence-corrected chi connectivity index (χ1v) is 5.00. The minimum atomic E-state index is -0.00964. The number of benzene rings is 1. The Labute approximate surface area is 95.1 Å². The molecule has 0 heterocycles. The Morgan fingerprint density at radius 1 is 1.31 bits per heavy atom. The third-order valence-electron chi connectivity index (χ3n) is 2.20. The highest BCUT2D eigenvalue weighted by Crippen LogP contribution is 2.27. The van der Waals surface area contributed by atoms with Gasteiger partial charge in [0, 0.05) is 12.7 Å². The standard InChI is InChI=1S/C12H16O4/c1-9(14-2)8-16-12-6-10(7-13)4-5-11(12)15-3/h4-7,9H,8H2,1-3H3. The Balaban J connectivity index is 2.78. The molecule has 1 aromatic carbocycles. The normalized spacial score (nSPS) is 11.9. The van der Waals surface area contributed by atoms with Gasteiger partial charge in [-0.1, -0.05) is 0 Å². The number of methoxy groups -OCH3 is 2. The molecule has 0 bridgehead atoms. The molecule has 88 valence electrons. The number of ether oxygens (including phenoxy) is 3. The van der Waals surface area contributed by atoms with E-state index >= 15 is 0 Å². The van der Waals surface area contributed by atoms with Gasteiger partial charge in [-0.3, -0.25) is 4.79 Å². The van der Waals surface area contributed by atoms with Crippen LogP contribution in [0.25, 0.3) is 0 Å². The van der Waals surface area contributed by atoms with Crippen LogP contribution >= 0.6 is 0 Å². The Bertz CT molecular complexity index is 349. The molecule has 0 saturated heterocycles. The number of carbonyl (C=O) groups excluding carboxylic acids is 1. The van der Waals surface area contributed by atoms with E-state index < -0.39 is 0 Å². The quantitative estimate of drug-likeness (QED) is 0.692. The topological polar surface area (TPSA) is 44.8 Å². The largest absolute Gasteiger partial charge is 0.493 e. The second kappa shape index (κ2) is 6.12. The van der Waals surface area contributed by atoms with E-state index in [0.29, 0.717) is 23.7 Å². The van der Waals surface area contributed by atoms with Crippen LogP contribution in [0.1, 0.15) is 17.3 Å². The van der Waals surface area contributed by atoms with E-state index in [1.807, 2.05) is 6.92 Å². The molecule has 1 unspecified atom stereocenters. The first-order chi connectivity index (χ1) is 7.71. The van der Waals surface area contributed by atoms with Gasteiger partial charge >= 0.3 is 0 Å². The molecule has 16 heavy (non-hydrogen) atoms. The molecule has 0 aliphatic rings. The third kappa shape index (κ3) is 3.24. The molecule has 1 atom stereocenters. The number of aldehydes is 1. The number of rotatable bonds is 6. The van der Waals surface area contributed by atoms with Gasteiger partial charge in [-0.25, -0.2) is 0 Å². The Morgan fingerprint density at radius 3 is 2.62 bits per heavy atom. The summed E-state index contributed by atoms with van der Waals surface area (Å²) >= 11 is 0. The van der Waals surface area contributed by atoms with Crippen LogP contribution < -0.4 is 9.47 Å². The second-order valence-electron chi connectivity index (χ2n) is 3.39. The van der Waals surface area contributed by atoms with Crippen molar-refractivity contribution in [3.8, 4) is 11.5 Å². The average molecular weight is 224 g/mol. The third-order valence-corrected chi connectivity index (χ3v) is 2.20. The number of carbonyl (C=O) groups is 1. The SMILES string of the molecule is COc1ccc(C=O)cc1OCC(C)OC. The van der Waals surface area contributed by atoms with Crippen molar-refractivity contribution in [1.29, 1.82) is 0 Å². The van der Waals surface area contributed by atoms with E-state index in [-0.39, 0.29) is 6.10 Å². The summed E-state index contributed by atoms with van der Waals surface area (Å²) in [5.74, 6) is 1.16. The lowest BCUT2D eigenvalue weighted by Gasteiger charge is -2.14. The molecule has 0 radical (unpaired) electrons. The molecule has 0 saturated carbocycles.